The number of carbonyl (C=O) groups is 1. The lowest BCUT2D eigenvalue weighted by Gasteiger charge is -2.62. The van der Waals surface area contributed by atoms with Crippen LogP contribution < -0.4 is 0 Å². The molecule has 4 fully saturated rings. The molecule has 4 nitrogen and oxygen atoms in total. The van der Waals surface area contributed by atoms with E-state index < -0.39 is 18.2 Å². The Balaban J connectivity index is 1.57. The number of rotatable bonds is 4. The Morgan fingerprint density at radius 2 is 1.72 bits per heavy atom. The van der Waals surface area contributed by atoms with Crippen molar-refractivity contribution in [3.05, 3.63) is 0 Å². The smallest absolute Gasteiger partial charge is 0.303 e. The third-order valence-corrected chi connectivity index (χ3v) is 10.2. The topological polar surface area (TPSA) is 77.8 Å². The summed E-state index contributed by atoms with van der Waals surface area (Å²) in [4.78, 5) is 11.0. The van der Waals surface area contributed by atoms with E-state index in [-0.39, 0.29) is 35.2 Å². The summed E-state index contributed by atoms with van der Waals surface area (Å²) in [5, 5.41) is 30.4. The van der Waals surface area contributed by atoms with E-state index in [0.717, 1.165) is 32.1 Å². The highest BCUT2D eigenvalue weighted by Crippen LogP contribution is 2.68. The van der Waals surface area contributed by atoms with Crippen LogP contribution >= 0.6 is 0 Å². The third kappa shape index (κ3) is 3.35. The molecule has 0 aromatic rings. The van der Waals surface area contributed by atoms with E-state index in [1.54, 1.807) is 0 Å². The van der Waals surface area contributed by atoms with Gasteiger partial charge in [0, 0.05) is 6.42 Å². The lowest BCUT2D eigenvalue weighted by atomic mass is 9.43. The van der Waals surface area contributed by atoms with Gasteiger partial charge in [0.2, 0.25) is 0 Å². The monoisotopic (exact) mass is 410 g/mol. The Morgan fingerprint density at radius 1 is 1.07 bits per heavy atom. The van der Waals surface area contributed by atoms with Gasteiger partial charge in [-0.25, -0.2) is 4.39 Å². The van der Waals surface area contributed by atoms with Crippen LogP contribution in [0, 0.1) is 46.3 Å². The predicted molar refractivity (Wildman–Crippen MR) is 109 cm³/mol. The molecule has 3 N–H and O–H groups in total. The van der Waals surface area contributed by atoms with E-state index in [4.69, 9.17) is 5.11 Å². The van der Waals surface area contributed by atoms with Crippen molar-refractivity contribution in [2.45, 2.75) is 96.9 Å². The van der Waals surface area contributed by atoms with Crippen LogP contribution in [0.5, 0.6) is 0 Å². The zero-order valence-corrected chi connectivity index (χ0v) is 18.2. The summed E-state index contributed by atoms with van der Waals surface area (Å²) < 4.78 is 14.5. The summed E-state index contributed by atoms with van der Waals surface area (Å²) in [5.41, 5.74) is 0.0173. The first-order chi connectivity index (χ1) is 13.6. The van der Waals surface area contributed by atoms with E-state index in [9.17, 15) is 19.4 Å². The van der Waals surface area contributed by atoms with Crippen LogP contribution in [0.15, 0.2) is 0 Å². The molecule has 3 unspecified atom stereocenters. The van der Waals surface area contributed by atoms with Gasteiger partial charge in [-0.15, -0.1) is 0 Å². The summed E-state index contributed by atoms with van der Waals surface area (Å²) >= 11 is 0. The van der Waals surface area contributed by atoms with Crippen LogP contribution in [0.1, 0.15) is 78.6 Å². The predicted octanol–water partition coefficient (Wildman–Crippen LogP) is 4.43. The minimum atomic E-state index is -1.15. The Labute approximate surface area is 174 Å². The zero-order valence-electron chi connectivity index (χ0n) is 18.2. The van der Waals surface area contributed by atoms with Crippen molar-refractivity contribution in [3.63, 3.8) is 0 Å². The van der Waals surface area contributed by atoms with E-state index in [0.29, 0.717) is 42.9 Å². The van der Waals surface area contributed by atoms with Gasteiger partial charge >= 0.3 is 5.97 Å². The molecular formula is C24H39FO4. The van der Waals surface area contributed by atoms with Crippen LogP contribution in [0.4, 0.5) is 4.39 Å². The zero-order chi connectivity index (χ0) is 21.1. The molecule has 0 aromatic carbocycles. The second-order valence-electron chi connectivity index (χ2n) is 11.5. The first-order valence-corrected chi connectivity index (χ1v) is 11.8. The maximum atomic E-state index is 14.5. The van der Waals surface area contributed by atoms with E-state index in [2.05, 4.69) is 20.8 Å². The summed E-state index contributed by atoms with van der Waals surface area (Å²) in [6.45, 7) is 6.81. The van der Waals surface area contributed by atoms with Crippen molar-refractivity contribution in [2.75, 3.05) is 0 Å². The van der Waals surface area contributed by atoms with Crippen molar-refractivity contribution in [2.24, 2.45) is 46.3 Å². The number of hydrogen-bond donors (Lipinski definition) is 3. The van der Waals surface area contributed by atoms with Crippen LogP contribution in [-0.2, 0) is 4.79 Å². The van der Waals surface area contributed by atoms with Gasteiger partial charge in [-0.2, -0.15) is 0 Å². The van der Waals surface area contributed by atoms with Crippen molar-refractivity contribution in [1.29, 1.82) is 0 Å². The standard InChI is InChI=1S/C24H39FO4/c1-13(4-7-21(28)29)15-5-6-16-22-17(8-9-23(15,16)2)24(3)12-18(25)19(26)10-14(24)11-20(22)27/h13-20,22,26-27H,4-12H2,1-3H3,(H,28,29)/t13-,14+,15-,16?,17?,18+,19+,20-,22?,23-,24+/m1/s1. The normalized spacial score (nSPS) is 52.9. The SMILES string of the molecule is C[C@H](CCC(=O)O)[C@H]1CCC2C3C(CC[C@@]21C)[C@@]1(C)C[C@H](F)[C@@H](O)C[C@H]1C[C@H]3O. The summed E-state index contributed by atoms with van der Waals surface area (Å²) in [5.74, 6) is 1.35. The van der Waals surface area contributed by atoms with Gasteiger partial charge in [-0.1, -0.05) is 20.8 Å². The summed E-state index contributed by atoms with van der Waals surface area (Å²) in [7, 11) is 0. The molecule has 4 rings (SSSR count). The minimum absolute atomic E-state index is 0.128. The average Bonchev–Trinajstić information content (AvgIpc) is 2.99. The van der Waals surface area contributed by atoms with Crippen LogP contribution in [0.25, 0.3) is 0 Å². The lowest BCUT2D eigenvalue weighted by Crippen LogP contribution is -2.60. The van der Waals surface area contributed by atoms with Gasteiger partial charge in [0.25, 0.3) is 0 Å². The fourth-order valence-electron chi connectivity index (χ4n) is 8.73. The maximum absolute atomic E-state index is 14.5. The minimum Gasteiger partial charge on any atom is -0.481 e. The molecule has 4 aliphatic rings. The first-order valence-electron chi connectivity index (χ1n) is 11.8. The Morgan fingerprint density at radius 3 is 2.41 bits per heavy atom. The molecule has 166 valence electrons. The molecule has 11 atom stereocenters. The summed E-state index contributed by atoms with van der Waals surface area (Å²) in [6.07, 6.45) is 4.48. The highest BCUT2D eigenvalue weighted by atomic mass is 19.1. The molecule has 0 aliphatic heterocycles. The molecule has 4 aliphatic carbocycles. The molecule has 0 amide bonds. The van der Waals surface area contributed by atoms with Gasteiger partial charge in [0.1, 0.15) is 6.17 Å². The quantitative estimate of drug-likeness (QED) is 0.641. The molecule has 29 heavy (non-hydrogen) atoms. The average molecular weight is 411 g/mol. The molecule has 0 saturated heterocycles. The number of halogens is 1. The maximum Gasteiger partial charge on any atom is 0.303 e. The Bertz CT molecular complexity index is 640. The number of hydrogen-bond acceptors (Lipinski definition) is 3. The molecule has 0 aromatic heterocycles. The Hall–Kier alpha value is -0.680. The number of alkyl halides is 1. The second kappa shape index (κ2) is 7.47. The number of carboxylic acids is 1. The molecular weight excluding hydrogens is 371 g/mol. The number of carboxylic acid groups (broad SMARTS) is 1. The molecule has 0 heterocycles. The molecule has 0 spiro atoms. The van der Waals surface area contributed by atoms with Crippen molar-refractivity contribution in [3.8, 4) is 0 Å². The lowest BCUT2D eigenvalue weighted by molar-refractivity contribution is -0.186. The summed E-state index contributed by atoms with van der Waals surface area (Å²) in [6, 6.07) is 0. The highest BCUT2D eigenvalue weighted by molar-refractivity contribution is 5.66. The van der Waals surface area contributed by atoms with Gasteiger partial charge in [0.15, 0.2) is 0 Å². The van der Waals surface area contributed by atoms with Gasteiger partial charge in [-0.3, -0.25) is 4.79 Å². The van der Waals surface area contributed by atoms with E-state index >= 15 is 0 Å². The number of aliphatic carboxylic acids is 1. The van der Waals surface area contributed by atoms with E-state index in [1.807, 2.05) is 0 Å². The Kier molecular flexibility index (Phi) is 5.55. The van der Waals surface area contributed by atoms with Crippen LogP contribution in [0.3, 0.4) is 0 Å². The van der Waals surface area contributed by atoms with Gasteiger partial charge < -0.3 is 15.3 Å². The molecule has 4 saturated carbocycles. The van der Waals surface area contributed by atoms with Gasteiger partial charge in [0.05, 0.1) is 12.2 Å². The van der Waals surface area contributed by atoms with Gasteiger partial charge in [-0.05, 0) is 97.7 Å². The van der Waals surface area contributed by atoms with Crippen molar-refractivity contribution in [1.82, 2.24) is 0 Å². The van der Waals surface area contributed by atoms with Crippen molar-refractivity contribution < 1.29 is 24.5 Å². The first kappa shape index (κ1) is 21.5. The van der Waals surface area contributed by atoms with Crippen molar-refractivity contribution >= 4 is 5.97 Å². The largest absolute Gasteiger partial charge is 0.481 e. The van der Waals surface area contributed by atoms with E-state index in [1.165, 1.54) is 0 Å². The molecule has 0 bridgehead atoms. The molecule has 5 heteroatoms. The fourth-order valence-corrected chi connectivity index (χ4v) is 8.73. The number of aliphatic hydroxyl groups excluding tert-OH is 2. The number of aliphatic hydroxyl groups is 2. The fraction of sp³-hybridized carbons (Fsp3) is 0.958. The van der Waals surface area contributed by atoms with Crippen LogP contribution in [0.2, 0.25) is 0 Å². The third-order valence-electron chi connectivity index (χ3n) is 10.2. The molecule has 0 radical (unpaired) electrons. The highest BCUT2D eigenvalue weighted by Gasteiger charge is 2.63. The van der Waals surface area contributed by atoms with Crippen LogP contribution in [-0.4, -0.2) is 39.7 Å². The number of fused-ring (bicyclic) bond motifs is 5. The second-order valence-corrected chi connectivity index (χ2v) is 11.5.